The number of methoxy groups -OCH3 is 1. The summed E-state index contributed by atoms with van der Waals surface area (Å²) in [6, 6.07) is 13.0. The minimum absolute atomic E-state index is 0.149. The van der Waals surface area contributed by atoms with E-state index in [2.05, 4.69) is 0 Å². The first-order valence-corrected chi connectivity index (χ1v) is 12.5. The molecule has 3 aromatic rings. The fraction of sp³-hybridized carbons (Fsp3) is 0.417. The van der Waals surface area contributed by atoms with Crippen LogP contribution in [-0.2, 0) is 16.6 Å². The molecule has 0 aliphatic rings. The highest BCUT2D eigenvalue weighted by Gasteiger charge is 2.34. The van der Waals surface area contributed by atoms with Crippen LogP contribution in [0.2, 0.25) is 0 Å². The number of para-hydroxylation sites is 1. The summed E-state index contributed by atoms with van der Waals surface area (Å²) in [7, 11) is -2.29. The van der Waals surface area contributed by atoms with Crippen LogP contribution >= 0.6 is 0 Å². The van der Waals surface area contributed by atoms with E-state index in [4.69, 9.17) is 9.72 Å². The Hall–Kier alpha value is -2.71. The van der Waals surface area contributed by atoms with Crippen LogP contribution in [0.15, 0.2) is 58.2 Å². The molecule has 1 heterocycles. The van der Waals surface area contributed by atoms with E-state index in [0.29, 0.717) is 48.4 Å². The number of ether oxygens (including phenoxy) is 1. The molecule has 7 nitrogen and oxygen atoms in total. The first-order valence-electron chi connectivity index (χ1n) is 11.0. The zero-order chi connectivity index (χ0) is 23.3. The average molecular weight is 458 g/mol. The molecule has 3 rings (SSSR count). The number of rotatable bonds is 10. The molecule has 0 saturated heterocycles. The van der Waals surface area contributed by atoms with E-state index in [9.17, 15) is 13.2 Å². The second kappa shape index (κ2) is 10.3. The molecular weight excluding hydrogens is 426 g/mol. The third kappa shape index (κ3) is 4.56. The monoisotopic (exact) mass is 457 g/mol. The largest absolute Gasteiger partial charge is 0.497 e. The van der Waals surface area contributed by atoms with Crippen LogP contribution in [0.25, 0.3) is 10.9 Å². The summed E-state index contributed by atoms with van der Waals surface area (Å²) in [4.78, 5) is 18.1. The average Bonchev–Trinajstić information content (AvgIpc) is 2.81. The van der Waals surface area contributed by atoms with Gasteiger partial charge in [-0.15, -0.1) is 0 Å². The summed E-state index contributed by atoms with van der Waals surface area (Å²) >= 11 is 0. The lowest BCUT2D eigenvalue weighted by Gasteiger charge is -2.31. The van der Waals surface area contributed by atoms with Crippen molar-refractivity contribution in [3.05, 3.63) is 64.7 Å². The molecule has 172 valence electrons. The number of fused-ring (bicyclic) bond motifs is 1. The highest BCUT2D eigenvalue weighted by atomic mass is 32.2. The van der Waals surface area contributed by atoms with Crippen LogP contribution in [0.5, 0.6) is 5.75 Å². The lowest BCUT2D eigenvalue weighted by molar-refractivity contribution is 0.291. The van der Waals surface area contributed by atoms with E-state index in [0.717, 1.165) is 6.42 Å². The third-order valence-corrected chi connectivity index (χ3v) is 7.56. The first-order chi connectivity index (χ1) is 15.4. The van der Waals surface area contributed by atoms with Gasteiger partial charge in [0.15, 0.2) is 0 Å². The molecule has 0 radical (unpaired) electrons. The van der Waals surface area contributed by atoms with Crippen LogP contribution in [0.1, 0.15) is 51.9 Å². The summed E-state index contributed by atoms with van der Waals surface area (Å²) in [6.45, 7) is 6.58. The molecule has 8 heteroatoms. The summed E-state index contributed by atoms with van der Waals surface area (Å²) in [6.07, 6.45) is 2.04. The van der Waals surface area contributed by atoms with E-state index in [-0.39, 0.29) is 10.5 Å². The number of hydrogen-bond donors (Lipinski definition) is 0. The summed E-state index contributed by atoms with van der Waals surface area (Å²) in [5.74, 6) is 1.07. The van der Waals surface area contributed by atoms with Gasteiger partial charge in [0, 0.05) is 13.1 Å². The maximum Gasteiger partial charge on any atom is 0.261 e. The zero-order valence-corrected chi connectivity index (χ0v) is 19.9. The summed E-state index contributed by atoms with van der Waals surface area (Å²) < 4.78 is 35.7. The molecule has 0 saturated carbocycles. The van der Waals surface area contributed by atoms with Crippen LogP contribution in [0.4, 0.5) is 0 Å². The van der Waals surface area contributed by atoms with E-state index < -0.39 is 16.1 Å². The number of unbranched alkanes of at least 4 members (excludes halogenated alkanes) is 1. The minimum Gasteiger partial charge on any atom is -0.497 e. The van der Waals surface area contributed by atoms with Gasteiger partial charge in [-0.05, 0) is 56.2 Å². The van der Waals surface area contributed by atoms with Gasteiger partial charge in [-0.25, -0.2) is 13.4 Å². The van der Waals surface area contributed by atoms with Crippen LogP contribution in [-0.4, -0.2) is 35.9 Å². The molecule has 0 N–H and O–H groups in total. The summed E-state index contributed by atoms with van der Waals surface area (Å²) in [5, 5.41) is 0.533. The van der Waals surface area contributed by atoms with E-state index in [1.165, 1.54) is 4.31 Å². The predicted octanol–water partition coefficient (Wildman–Crippen LogP) is 4.37. The first kappa shape index (κ1) is 23.9. The van der Waals surface area contributed by atoms with E-state index in [1.807, 2.05) is 32.9 Å². The Balaban J connectivity index is 2.18. The van der Waals surface area contributed by atoms with Gasteiger partial charge in [0.05, 0.1) is 29.0 Å². The number of sulfonamides is 1. The zero-order valence-electron chi connectivity index (χ0n) is 19.1. The molecule has 1 atom stereocenters. The second-order valence-corrected chi connectivity index (χ2v) is 9.50. The second-order valence-electron chi connectivity index (χ2n) is 7.61. The highest BCUT2D eigenvalue weighted by molar-refractivity contribution is 7.89. The SMILES string of the molecule is CCCCN(C(CC)c1nc2ccccc2c(=O)n1CC)S(=O)(=O)c1ccc(OC)cc1. The Morgan fingerprint density at radius 1 is 1.06 bits per heavy atom. The highest BCUT2D eigenvalue weighted by Crippen LogP contribution is 2.31. The van der Waals surface area contributed by atoms with Gasteiger partial charge < -0.3 is 4.74 Å². The molecule has 0 bridgehead atoms. The van der Waals surface area contributed by atoms with Crippen molar-refractivity contribution in [1.29, 1.82) is 0 Å². The number of benzene rings is 2. The van der Waals surface area contributed by atoms with Crippen molar-refractivity contribution in [3.63, 3.8) is 0 Å². The van der Waals surface area contributed by atoms with Crippen molar-refractivity contribution in [1.82, 2.24) is 13.9 Å². The lowest BCUT2D eigenvalue weighted by atomic mass is 10.1. The maximum atomic E-state index is 13.7. The Bertz CT molecular complexity index is 1220. The van der Waals surface area contributed by atoms with Gasteiger partial charge in [-0.3, -0.25) is 9.36 Å². The summed E-state index contributed by atoms with van der Waals surface area (Å²) in [5.41, 5.74) is 0.428. The Labute approximate surface area is 189 Å². The molecule has 0 aliphatic heterocycles. The molecular formula is C24H31N3O4S. The molecule has 1 unspecified atom stereocenters. The van der Waals surface area contributed by atoms with Gasteiger partial charge in [-0.1, -0.05) is 32.4 Å². The van der Waals surface area contributed by atoms with Crippen molar-refractivity contribution in [2.75, 3.05) is 13.7 Å². The van der Waals surface area contributed by atoms with Gasteiger partial charge in [0.25, 0.3) is 5.56 Å². The van der Waals surface area contributed by atoms with Gasteiger partial charge in [0.2, 0.25) is 10.0 Å². The van der Waals surface area contributed by atoms with Crippen molar-refractivity contribution in [2.24, 2.45) is 0 Å². The standard InChI is InChI=1S/C24H31N3O4S/c1-5-8-17-27(32(29,30)19-15-13-18(31-4)14-16-19)22(6-2)23-25-21-12-10-9-11-20(21)24(28)26(23)7-3/h9-16,22H,5-8,17H2,1-4H3. The lowest BCUT2D eigenvalue weighted by Crippen LogP contribution is -2.39. The fourth-order valence-corrected chi connectivity index (χ4v) is 5.60. The van der Waals surface area contributed by atoms with Crippen molar-refractivity contribution >= 4 is 20.9 Å². The van der Waals surface area contributed by atoms with Crippen LogP contribution in [0.3, 0.4) is 0 Å². The van der Waals surface area contributed by atoms with Crippen molar-refractivity contribution in [3.8, 4) is 5.75 Å². The molecule has 0 aliphatic carbocycles. The fourth-order valence-electron chi connectivity index (χ4n) is 3.90. The molecule has 0 amide bonds. The smallest absolute Gasteiger partial charge is 0.261 e. The van der Waals surface area contributed by atoms with Gasteiger partial charge in [0.1, 0.15) is 11.6 Å². The van der Waals surface area contributed by atoms with Crippen molar-refractivity contribution in [2.45, 2.75) is 57.5 Å². The van der Waals surface area contributed by atoms with Crippen molar-refractivity contribution < 1.29 is 13.2 Å². The predicted molar refractivity (Wildman–Crippen MR) is 127 cm³/mol. The molecule has 32 heavy (non-hydrogen) atoms. The Morgan fingerprint density at radius 2 is 1.75 bits per heavy atom. The maximum absolute atomic E-state index is 13.7. The van der Waals surface area contributed by atoms with E-state index >= 15 is 0 Å². The molecule has 2 aromatic carbocycles. The number of nitrogens with zero attached hydrogens (tertiary/aromatic N) is 3. The molecule has 0 fully saturated rings. The topological polar surface area (TPSA) is 81.5 Å². The Morgan fingerprint density at radius 3 is 2.34 bits per heavy atom. The van der Waals surface area contributed by atoms with Gasteiger partial charge in [-0.2, -0.15) is 4.31 Å². The molecule has 1 aromatic heterocycles. The van der Waals surface area contributed by atoms with Gasteiger partial charge >= 0.3 is 0 Å². The van der Waals surface area contributed by atoms with Crippen LogP contribution < -0.4 is 10.3 Å². The number of aromatic nitrogens is 2. The normalized spacial score (nSPS) is 12.9. The Kier molecular flexibility index (Phi) is 7.69. The third-order valence-electron chi connectivity index (χ3n) is 5.64. The quantitative estimate of drug-likeness (QED) is 0.452. The minimum atomic E-state index is -3.83. The number of hydrogen-bond acceptors (Lipinski definition) is 5. The molecule has 0 spiro atoms. The van der Waals surface area contributed by atoms with Crippen LogP contribution in [0, 0.1) is 0 Å². The van der Waals surface area contributed by atoms with E-state index in [1.54, 1.807) is 48.1 Å².